The van der Waals surface area contributed by atoms with Crippen molar-refractivity contribution in [3.8, 4) is 0 Å². The van der Waals surface area contributed by atoms with Crippen LogP contribution < -0.4 is 5.73 Å². The summed E-state index contributed by atoms with van der Waals surface area (Å²) in [4.78, 5) is 27.2. The van der Waals surface area contributed by atoms with E-state index >= 15 is 0 Å². The van der Waals surface area contributed by atoms with E-state index in [1.54, 1.807) is 19.0 Å². The number of anilines is 1. The topological polar surface area (TPSA) is 66.6 Å². The maximum Gasteiger partial charge on any atom is 0.241 e. The molecule has 0 heterocycles. The molecule has 0 bridgehead atoms. The highest BCUT2D eigenvalue weighted by Gasteiger charge is 2.17. The minimum absolute atomic E-state index is 0.0175. The number of benzene rings is 1. The van der Waals surface area contributed by atoms with Crippen LogP contribution in [-0.4, -0.2) is 48.8 Å². The second-order valence-corrected chi connectivity index (χ2v) is 5.35. The third-order valence-electron chi connectivity index (χ3n) is 3.28. The molecule has 0 fully saturated rings. The molecule has 0 atom stereocenters. The molecule has 5 heteroatoms. The van der Waals surface area contributed by atoms with Gasteiger partial charge in [-0.05, 0) is 30.5 Å². The van der Waals surface area contributed by atoms with Crippen LogP contribution in [0.3, 0.4) is 0 Å². The second kappa shape index (κ2) is 8.29. The van der Waals surface area contributed by atoms with Crippen molar-refractivity contribution in [1.29, 1.82) is 0 Å². The Morgan fingerprint density at radius 3 is 2.24 bits per heavy atom. The van der Waals surface area contributed by atoms with Crippen LogP contribution in [0, 0.1) is 0 Å². The van der Waals surface area contributed by atoms with E-state index in [1.807, 2.05) is 31.2 Å². The Labute approximate surface area is 126 Å². The van der Waals surface area contributed by atoms with Crippen molar-refractivity contribution in [2.24, 2.45) is 0 Å². The summed E-state index contributed by atoms with van der Waals surface area (Å²) in [5.74, 6) is -0.0341. The zero-order valence-corrected chi connectivity index (χ0v) is 13.1. The van der Waals surface area contributed by atoms with Crippen molar-refractivity contribution in [2.45, 2.75) is 26.2 Å². The highest BCUT2D eigenvalue weighted by Crippen LogP contribution is 2.09. The molecule has 1 aromatic rings. The van der Waals surface area contributed by atoms with Gasteiger partial charge in [0.2, 0.25) is 11.8 Å². The molecule has 0 aliphatic heterocycles. The molecule has 1 aromatic carbocycles. The lowest BCUT2D eigenvalue weighted by Crippen LogP contribution is -2.40. The predicted octanol–water partition coefficient (Wildman–Crippen LogP) is 1.53. The monoisotopic (exact) mass is 291 g/mol. The summed E-state index contributed by atoms with van der Waals surface area (Å²) in [6.07, 6.45) is 1.91. The van der Waals surface area contributed by atoms with E-state index in [0.29, 0.717) is 25.1 Å². The largest absolute Gasteiger partial charge is 0.399 e. The van der Waals surface area contributed by atoms with Gasteiger partial charge in [-0.2, -0.15) is 0 Å². The number of rotatable bonds is 7. The van der Waals surface area contributed by atoms with Gasteiger partial charge in [0.25, 0.3) is 0 Å². The first-order valence-corrected chi connectivity index (χ1v) is 7.26. The molecule has 0 unspecified atom stereocenters. The van der Waals surface area contributed by atoms with E-state index in [-0.39, 0.29) is 18.4 Å². The SMILES string of the molecule is CCCN(CC(=O)N(C)C)C(=O)CCc1ccc(N)cc1. The van der Waals surface area contributed by atoms with Crippen molar-refractivity contribution in [1.82, 2.24) is 9.80 Å². The first kappa shape index (κ1) is 17.0. The van der Waals surface area contributed by atoms with Crippen molar-refractivity contribution in [3.05, 3.63) is 29.8 Å². The Kier molecular flexibility index (Phi) is 6.72. The predicted molar refractivity (Wildman–Crippen MR) is 84.7 cm³/mol. The van der Waals surface area contributed by atoms with Crippen molar-refractivity contribution in [2.75, 3.05) is 32.9 Å². The number of likely N-dealkylation sites (N-methyl/N-ethyl adjacent to an activating group) is 1. The molecular weight excluding hydrogens is 266 g/mol. The summed E-state index contributed by atoms with van der Waals surface area (Å²) in [5, 5.41) is 0. The molecule has 0 saturated heterocycles. The van der Waals surface area contributed by atoms with Crippen LogP contribution >= 0.6 is 0 Å². The third kappa shape index (κ3) is 5.85. The lowest BCUT2D eigenvalue weighted by molar-refractivity contribution is -0.139. The summed E-state index contributed by atoms with van der Waals surface area (Å²) >= 11 is 0. The Morgan fingerprint density at radius 2 is 1.71 bits per heavy atom. The fourth-order valence-corrected chi connectivity index (χ4v) is 1.96. The highest BCUT2D eigenvalue weighted by atomic mass is 16.2. The van der Waals surface area contributed by atoms with Gasteiger partial charge in [0.05, 0.1) is 6.54 Å². The molecule has 0 aliphatic rings. The number of carbonyl (C=O) groups is 2. The average Bonchev–Trinajstić information content (AvgIpc) is 2.45. The van der Waals surface area contributed by atoms with Gasteiger partial charge in [-0.15, -0.1) is 0 Å². The average molecular weight is 291 g/mol. The molecular formula is C16H25N3O2. The van der Waals surface area contributed by atoms with E-state index in [1.165, 1.54) is 4.90 Å². The van der Waals surface area contributed by atoms with Crippen LogP contribution in [0.15, 0.2) is 24.3 Å². The molecule has 2 amide bonds. The summed E-state index contributed by atoms with van der Waals surface area (Å²) in [5.41, 5.74) is 7.43. The summed E-state index contributed by atoms with van der Waals surface area (Å²) < 4.78 is 0. The lowest BCUT2D eigenvalue weighted by atomic mass is 10.1. The lowest BCUT2D eigenvalue weighted by Gasteiger charge is -2.23. The Morgan fingerprint density at radius 1 is 1.10 bits per heavy atom. The maximum atomic E-state index is 12.3. The van der Waals surface area contributed by atoms with Crippen LogP contribution in [0.1, 0.15) is 25.3 Å². The van der Waals surface area contributed by atoms with Gasteiger partial charge in [-0.25, -0.2) is 0 Å². The van der Waals surface area contributed by atoms with Gasteiger partial charge in [0.15, 0.2) is 0 Å². The van der Waals surface area contributed by atoms with Crippen molar-refractivity contribution in [3.63, 3.8) is 0 Å². The first-order valence-electron chi connectivity index (χ1n) is 7.26. The van der Waals surface area contributed by atoms with Crippen LogP contribution in [0.25, 0.3) is 0 Å². The Hall–Kier alpha value is -2.04. The third-order valence-corrected chi connectivity index (χ3v) is 3.28. The van der Waals surface area contributed by atoms with Gasteiger partial charge in [0.1, 0.15) is 0 Å². The van der Waals surface area contributed by atoms with Gasteiger partial charge >= 0.3 is 0 Å². The first-order chi connectivity index (χ1) is 9.93. The second-order valence-electron chi connectivity index (χ2n) is 5.35. The molecule has 0 radical (unpaired) electrons. The van der Waals surface area contributed by atoms with E-state index in [4.69, 9.17) is 5.73 Å². The van der Waals surface area contributed by atoms with Crippen LogP contribution in [0.4, 0.5) is 5.69 Å². The molecule has 1 rings (SSSR count). The van der Waals surface area contributed by atoms with Gasteiger partial charge in [0, 0.05) is 32.7 Å². The van der Waals surface area contributed by atoms with E-state index in [0.717, 1.165) is 12.0 Å². The van der Waals surface area contributed by atoms with Crippen molar-refractivity contribution >= 4 is 17.5 Å². The summed E-state index contributed by atoms with van der Waals surface area (Å²) in [6, 6.07) is 7.52. The number of nitrogen functional groups attached to an aromatic ring is 1. The molecule has 0 spiro atoms. The molecule has 116 valence electrons. The zero-order chi connectivity index (χ0) is 15.8. The fourth-order valence-electron chi connectivity index (χ4n) is 1.96. The minimum atomic E-state index is -0.0516. The number of amides is 2. The van der Waals surface area contributed by atoms with Crippen LogP contribution in [0.5, 0.6) is 0 Å². The zero-order valence-electron chi connectivity index (χ0n) is 13.1. The molecule has 21 heavy (non-hydrogen) atoms. The number of aryl methyl sites for hydroxylation is 1. The van der Waals surface area contributed by atoms with E-state index < -0.39 is 0 Å². The number of nitrogens with zero attached hydrogens (tertiary/aromatic N) is 2. The molecule has 5 nitrogen and oxygen atoms in total. The smallest absolute Gasteiger partial charge is 0.241 e. The Balaban J connectivity index is 2.56. The number of nitrogens with two attached hydrogens (primary N) is 1. The minimum Gasteiger partial charge on any atom is -0.399 e. The normalized spacial score (nSPS) is 10.2. The fraction of sp³-hybridized carbons (Fsp3) is 0.500. The van der Waals surface area contributed by atoms with Crippen LogP contribution in [0.2, 0.25) is 0 Å². The van der Waals surface area contributed by atoms with Crippen LogP contribution in [-0.2, 0) is 16.0 Å². The van der Waals surface area contributed by atoms with Gasteiger partial charge in [-0.1, -0.05) is 19.1 Å². The summed E-state index contributed by atoms with van der Waals surface area (Å²) in [7, 11) is 3.40. The molecule has 0 aliphatic carbocycles. The standard InChI is InChI=1S/C16H25N3O2/c1-4-11-19(12-16(21)18(2)3)15(20)10-7-13-5-8-14(17)9-6-13/h5-6,8-9H,4,7,10-12,17H2,1-3H3. The highest BCUT2D eigenvalue weighted by molar-refractivity contribution is 5.84. The van der Waals surface area contributed by atoms with Gasteiger partial charge < -0.3 is 15.5 Å². The maximum absolute atomic E-state index is 12.3. The number of hydrogen-bond donors (Lipinski definition) is 1. The van der Waals surface area contributed by atoms with Crippen molar-refractivity contribution < 1.29 is 9.59 Å². The van der Waals surface area contributed by atoms with Gasteiger partial charge in [-0.3, -0.25) is 9.59 Å². The molecule has 0 aromatic heterocycles. The number of hydrogen-bond acceptors (Lipinski definition) is 3. The van der Waals surface area contributed by atoms with E-state index in [9.17, 15) is 9.59 Å². The molecule has 2 N–H and O–H groups in total. The molecule has 0 saturated carbocycles. The summed E-state index contributed by atoms with van der Waals surface area (Å²) in [6.45, 7) is 2.77. The quantitative estimate of drug-likeness (QED) is 0.775. The van der Waals surface area contributed by atoms with E-state index in [2.05, 4.69) is 0 Å². The Bertz CT molecular complexity index is 469. The number of carbonyl (C=O) groups excluding carboxylic acids is 2.